The van der Waals surface area contributed by atoms with Crippen molar-refractivity contribution in [1.82, 2.24) is 9.78 Å². The van der Waals surface area contributed by atoms with Crippen molar-refractivity contribution in [2.24, 2.45) is 0 Å². The molecular formula is C10H7ClN2Na2O4S. The first-order valence-electron chi connectivity index (χ1n) is 4.78. The van der Waals surface area contributed by atoms with E-state index in [1.807, 2.05) is 0 Å². The first kappa shape index (κ1) is 20.4. The van der Waals surface area contributed by atoms with Gasteiger partial charge in [0.05, 0.1) is 21.3 Å². The zero-order valence-electron chi connectivity index (χ0n) is 11.1. The molecule has 2 aromatic rings. The number of aryl methyl sites for hydroxylation is 1. The molecule has 6 nitrogen and oxygen atoms in total. The number of rotatable bonds is 2. The maximum absolute atomic E-state index is 11.5. The third-order valence-corrected chi connectivity index (χ3v) is 3.37. The molecule has 0 aliphatic rings. The molecule has 0 amide bonds. The summed E-state index contributed by atoms with van der Waals surface area (Å²) in [5, 5.41) is 15.4. The molecule has 1 aromatic carbocycles. The topological polar surface area (TPSA) is 98.1 Å². The second kappa shape index (κ2) is 7.62. The quantitative estimate of drug-likeness (QED) is 0.404. The van der Waals surface area contributed by atoms with Gasteiger partial charge in [-0.2, -0.15) is 5.10 Å². The molecule has 0 fully saturated rings. The van der Waals surface area contributed by atoms with Crippen molar-refractivity contribution in [1.29, 1.82) is 0 Å². The monoisotopic (exact) mass is 332 g/mol. The van der Waals surface area contributed by atoms with Crippen LogP contribution in [0.5, 0.6) is 5.88 Å². The molecule has 0 spiro atoms. The van der Waals surface area contributed by atoms with Gasteiger partial charge in [-0.25, -0.2) is 13.1 Å². The molecule has 1 aromatic heterocycles. The van der Waals surface area contributed by atoms with Gasteiger partial charge in [-0.1, -0.05) is 11.6 Å². The van der Waals surface area contributed by atoms with Crippen molar-refractivity contribution in [2.45, 2.75) is 11.8 Å². The maximum atomic E-state index is 11.5. The summed E-state index contributed by atoms with van der Waals surface area (Å²) in [5.41, 5.74) is 0.735. The summed E-state index contributed by atoms with van der Waals surface area (Å²) in [6, 6.07) is 4.66. The van der Waals surface area contributed by atoms with Gasteiger partial charge in [-0.15, -0.1) is 0 Å². The zero-order chi connectivity index (χ0) is 13.5. The fourth-order valence-electron chi connectivity index (χ4n) is 1.46. The number of hydrogen-bond donors (Lipinski definition) is 0. The third-order valence-electron chi connectivity index (χ3n) is 2.23. The van der Waals surface area contributed by atoms with Crippen LogP contribution in [0.2, 0.25) is 5.02 Å². The van der Waals surface area contributed by atoms with Gasteiger partial charge < -0.3 is 9.66 Å². The van der Waals surface area contributed by atoms with E-state index in [9.17, 15) is 18.1 Å². The van der Waals surface area contributed by atoms with Gasteiger partial charge in [0.1, 0.15) is 10.1 Å². The first-order chi connectivity index (χ1) is 8.29. The average molecular weight is 333 g/mol. The van der Waals surface area contributed by atoms with E-state index in [-0.39, 0.29) is 75.7 Å². The van der Waals surface area contributed by atoms with Crippen LogP contribution in [0.1, 0.15) is 5.69 Å². The molecule has 0 saturated heterocycles. The number of aromatic nitrogens is 2. The van der Waals surface area contributed by atoms with Crippen molar-refractivity contribution in [3.8, 4) is 11.6 Å². The van der Waals surface area contributed by atoms with E-state index in [1.165, 1.54) is 12.1 Å². The molecule has 0 unspecified atom stereocenters. The van der Waals surface area contributed by atoms with Gasteiger partial charge in [0, 0.05) is 0 Å². The van der Waals surface area contributed by atoms with E-state index in [1.54, 1.807) is 6.92 Å². The predicted octanol–water partition coefficient (Wildman–Crippen LogP) is -5.18. The molecule has 20 heavy (non-hydrogen) atoms. The van der Waals surface area contributed by atoms with E-state index in [0.29, 0.717) is 5.69 Å². The summed E-state index contributed by atoms with van der Waals surface area (Å²) in [6.07, 6.45) is 0. The minimum atomic E-state index is -4.57. The van der Waals surface area contributed by atoms with Gasteiger partial charge >= 0.3 is 59.1 Å². The van der Waals surface area contributed by atoms with E-state index in [0.717, 1.165) is 16.8 Å². The Balaban J connectivity index is 0.00000180. The number of nitrogens with zero attached hydrogens (tertiary/aromatic N) is 2. The predicted molar refractivity (Wildman–Crippen MR) is 60.7 cm³/mol. The van der Waals surface area contributed by atoms with E-state index >= 15 is 0 Å². The smallest absolute Gasteiger partial charge is 0.859 e. The van der Waals surface area contributed by atoms with Crippen LogP contribution >= 0.6 is 11.6 Å². The molecule has 0 saturated carbocycles. The molecule has 0 aliphatic heterocycles. The van der Waals surface area contributed by atoms with Crippen LogP contribution in [-0.4, -0.2) is 22.8 Å². The Hall–Kier alpha value is 0.430. The summed E-state index contributed by atoms with van der Waals surface area (Å²) in [5.74, 6) is -0.382. The number of halogens is 1. The minimum Gasteiger partial charge on any atom is -0.859 e. The molecule has 0 aliphatic carbocycles. The fourth-order valence-corrected chi connectivity index (χ4v) is 2.29. The van der Waals surface area contributed by atoms with Crippen LogP contribution in [0.3, 0.4) is 0 Å². The van der Waals surface area contributed by atoms with Crippen molar-refractivity contribution < 1.29 is 77.2 Å². The van der Waals surface area contributed by atoms with Crippen LogP contribution in [0.4, 0.5) is 0 Å². The molecule has 10 heteroatoms. The normalized spacial score (nSPS) is 10.6. The van der Waals surface area contributed by atoms with Crippen LogP contribution in [0, 0.1) is 6.92 Å². The van der Waals surface area contributed by atoms with E-state index in [4.69, 9.17) is 11.6 Å². The van der Waals surface area contributed by atoms with Gasteiger partial charge in [0.15, 0.2) is 0 Å². The Morgan fingerprint density at radius 3 is 2.25 bits per heavy atom. The van der Waals surface area contributed by atoms with Gasteiger partial charge in [-0.3, -0.25) is 0 Å². The van der Waals surface area contributed by atoms with Gasteiger partial charge in [-0.05, 0) is 37.1 Å². The van der Waals surface area contributed by atoms with Gasteiger partial charge in [0.25, 0.3) is 0 Å². The van der Waals surface area contributed by atoms with Crippen molar-refractivity contribution in [2.75, 3.05) is 0 Å². The molecule has 0 N–H and O–H groups in total. The van der Waals surface area contributed by atoms with E-state index in [2.05, 4.69) is 5.10 Å². The average Bonchev–Trinajstić information content (AvgIpc) is 2.56. The minimum absolute atomic E-state index is 0. The third kappa shape index (κ3) is 4.46. The molecule has 0 atom stereocenters. The largest absolute Gasteiger partial charge is 1.00 e. The summed E-state index contributed by atoms with van der Waals surface area (Å²) in [7, 11) is -4.57. The van der Waals surface area contributed by atoms with Crippen LogP contribution < -0.4 is 64.2 Å². The molecule has 96 valence electrons. The SMILES string of the molecule is Cc1cc([O-])n(-c2ccc(S(=O)(=O)[O-])cc2Cl)n1.[Na+].[Na+]. The summed E-state index contributed by atoms with van der Waals surface area (Å²) in [4.78, 5) is -0.451. The first-order valence-corrected chi connectivity index (χ1v) is 6.57. The van der Waals surface area contributed by atoms with Crippen LogP contribution in [-0.2, 0) is 10.1 Å². The molecular weight excluding hydrogens is 326 g/mol. The Kier molecular flexibility index (Phi) is 7.78. The molecule has 0 radical (unpaired) electrons. The molecule has 2 rings (SSSR count). The second-order valence-corrected chi connectivity index (χ2v) is 5.39. The Bertz CT molecular complexity index is 718. The van der Waals surface area contributed by atoms with Crippen LogP contribution in [0.25, 0.3) is 5.69 Å². The van der Waals surface area contributed by atoms with E-state index < -0.39 is 15.0 Å². The van der Waals surface area contributed by atoms with Crippen molar-refractivity contribution in [3.05, 3.63) is 35.0 Å². The summed E-state index contributed by atoms with van der Waals surface area (Å²) < 4.78 is 33.5. The standard InChI is InChI=1S/C10H9ClN2O4S.2Na/c1-6-4-10(14)13(12-6)9-3-2-7(5-8(9)11)18(15,16)17;;/h2-5,14H,1H3,(H,15,16,17);;/q;2*+1/p-2. The number of hydrogen-bond acceptors (Lipinski definition) is 5. The maximum Gasteiger partial charge on any atom is 1.00 e. The number of benzene rings is 1. The Morgan fingerprint density at radius 1 is 1.25 bits per heavy atom. The second-order valence-electron chi connectivity index (χ2n) is 3.60. The fraction of sp³-hybridized carbons (Fsp3) is 0.100. The zero-order valence-corrected chi connectivity index (χ0v) is 16.7. The van der Waals surface area contributed by atoms with Crippen molar-refractivity contribution in [3.63, 3.8) is 0 Å². The molecule has 0 bridgehead atoms. The summed E-state index contributed by atoms with van der Waals surface area (Å²) >= 11 is 5.85. The van der Waals surface area contributed by atoms with Crippen LogP contribution in [0.15, 0.2) is 29.2 Å². The molecule has 1 heterocycles. The Morgan fingerprint density at radius 2 is 1.85 bits per heavy atom. The van der Waals surface area contributed by atoms with Crippen molar-refractivity contribution >= 4 is 21.7 Å². The van der Waals surface area contributed by atoms with Gasteiger partial charge in [0.2, 0.25) is 0 Å². The Labute approximate surface area is 165 Å². The summed E-state index contributed by atoms with van der Waals surface area (Å²) in [6.45, 7) is 1.64.